The lowest BCUT2D eigenvalue weighted by molar-refractivity contribution is 0.177. The van der Waals surface area contributed by atoms with E-state index < -0.39 is 6.10 Å². The van der Waals surface area contributed by atoms with Crippen LogP contribution < -0.4 is 4.74 Å². The Balaban J connectivity index is 1.99. The number of aryl methyl sites for hydroxylation is 1. The first kappa shape index (κ1) is 13.4. The smallest absolute Gasteiger partial charge is 0.125 e. The van der Waals surface area contributed by atoms with E-state index in [-0.39, 0.29) is 0 Å². The second-order valence-electron chi connectivity index (χ2n) is 5.53. The standard InChI is InChI=1S/C16H24O2/c1-12-8-9-16(15(10-12)13(2)17)18-11-14-6-4-3-5-7-14/h8-10,13-14,17H,3-7,11H2,1-2H3/t13-/m0/s1. The summed E-state index contributed by atoms with van der Waals surface area (Å²) in [5, 5.41) is 9.79. The van der Waals surface area contributed by atoms with Crippen LogP contribution in [0.15, 0.2) is 18.2 Å². The molecule has 18 heavy (non-hydrogen) atoms. The maximum Gasteiger partial charge on any atom is 0.125 e. The fourth-order valence-corrected chi connectivity index (χ4v) is 2.69. The summed E-state index contributed by atoms with van der Waals surface area (Å²) >= 11 is 0. The van der Waals surface area contributed by atoms with E-state index >= 15 is 0 Å². The molecule has 2 rings (SSSR count). The van der Waals surface area contributed by atoms with E-state index in [9.17, 15) is 5.11 Å². The Bertz CT molecular complexity index is 379. The minimum atomic E-state index is -0.466. The lowest BCUT2D eigenvalue weighted by atomic mass is 9.90. The van der Waals surface area contributed by atoms with Gasteiger partial charge in [0.05, 0.1) is 12.7 Å². The van der Waals surface area contributed by atoms with Crippen LogP contribution in [0.5, 0.6) is 5.75 Å². The van der Waals surface area contributed by atoms with Gasteiger partial charge in [0.15, 0.2) is 0 Å². The summed E-state index contributed by atoms with van der Waals surface area (Å²) in [4.78, 5) is 0. The third-order valence-electron chi connectivity index (χ3n) is 3.81. The van der Waals surface area contributed by atoms with Gasteiger partial charge in [0.2, 0.25) is 0 Å². The van der Waals surface area contributed by atoms with E-state index in [0.29, 0.717) is 5.92 Å². The van der Waals surface area contributed by atoms with Crippen LogP contribution >= 0.6 is 0 Å². The summed E-state index contributed by atoms with van der Waals surface area (Å²) in [5.74, 6) is 1.54. The van der Waals surface area contributed by atoms with Crippen molar-refractivity contribution in [3.8, 4) is 5.75 Å². The summed E-state index contributed by atoms with van der Waals surface area (Å²) in [6.45, 7) is 4.63. The molecule has 1 aromatic carbocycles. The zero-order chi connectivity index (χ0) is 13.0. The van der Waals surface area contributed by atoms with Crippen molar-refractivity contribution < 1.29 is 9.84 Å². The van der Waals surface area contributed by atoms with Crippen LogP contribution in [-0.2, 0) is 0 Å². The van der Waals surface area contributed by atoms with Crippen LogP contribution in [0.3, 0.4) is 0 Å². The number of rotatable bonds is 4. The van der Waals surface area contributed by atoms with E-state index in [2.05, 4.69) is 0 Å². The molecule has 0 aromatic heterocycles. The molecule has 1 aliphatic rings. The van der Waals surface area contributed by atoms with Gasteiger partial charge in [-0.25, -0.2) is 0 Å². The number of benzene rings is 1. The normalized spacial score (nSPS) is 18.6. The SMILES string of the molecule is Cc1ccc(OCC2CCCCC2)c([C@H](C)O)c1. The predicted octanol–water partition coefficient (Wildman–Crippen LogP) is 4.01. The molecule has 0 saturated heterocycles. The number of ether oxygens (including phenoxy) is 1. The average Bonchev–Trinajstić information content (AvgIpc) is 2.38. The third-order valence-corrected chi connectivity index (χ3v) is 3.81. The van der Waals surface area contributed by atoms with Crippen molar-refractivity contribution >= 4 is 0 Å². The summed E-state index contributed by atoms with van der Waals surface area (Å²) in [6, 6.07) is 6.04. The summed E-state index contributed by atoms with van der Waals surface area (Å²) < 4.78 is 5.93. The molecule has 0 unspecified atom stereocenters. The van der Waals surface area contributed by atoms with Crippen LogP contribution in [0.2, 0.25) is 0 Å². The van der Waals surface area contributed by atoms with Gasteiger partial charge < -0.3 is 9.84 Å². The molecule has 1 N–H and O–H groups in total. The lowest BCUT2D eigenvalue weighted by Gasteiger charge is -2.23. The van der Waals surface area contributed by atoms with Gasteiger partial charge in [-0.15, -0.1) is 0 Å². The van der Waals surface area contributed by atoms with E-state index in [1.165, 1.54) is 32.1 Å². The minimum Gasteiger partial charge on any atom is -0.493 e. The van der Waals surface area contributed by atoms with E-state index in [0.717, 1.165) is 23.5 Å². The third kappa shape index (κ3) is 3.49. The van der Waals surface area contributed by atoms with Gasteiger partial charge in [0, 0.05) is 5.56 Å². The van der Waals surface area contributed by atoms with Crippen LogP contribution in [0.4, 0.5) is 0 Å². The van der Waals surface area contributed by atoms with E-state index in [1.54, 1.807) is 6.92 Å². The molecular formula is C16H24O2. The van der Waals surface area contributed by atoms with Gasteiger partial charge in [-0.2, -0.15) is 0 Å². The Morgan fingerprint density at radius 2 is 2.00 bits per heavy atom. The minimum absolute atomic E-state index is 0.466. The molecule has 0 bridgehead atoms. The van der Waals surface area contributed by atoms with Gasteiger partial charge in [-0.1, -0.05) is 30.9 Å². The van der Waals surface area contributed by atoms with Gasteiger partial charge in [0.1, 0.15) is 5.75 Å². The summed E-state index contributed by atoms with van der Waals surface area (Å²) in [5.41, 5.74) is 2.07. The molecule has 2 heteroatoms. The maximum atomic E-state index is 9.79. The predicted molar refractivity (Wildman–Crippen MR) is 73.9 cm³/mol. The topological polar surface area (TPSA) is 29.5 Å². The zero-order valence-corrected chi connectivity index (χ0v) is 11.5. The number of aliphatic hydroxyl groups is 1. The fourth-order valence-electron chi connectivity index (χ4n) is 2.69. The van der Waals surface area contributed by atoms with Gasteiger partial charge in [-0.05, 0) is 44.7 Å². The molecule has 1 aromatic rings. The Labute approximate surface area is 110 Å². The number of hydrogen-bond acceptors (Lipinski definition) is 2. The maximum absolute atomic E-state index is 9.79. The Morgan fingerprint density at radius 3 is 2.67 bits per heavy atom. The van der Waals surface area contributed by atoms with E-state index in [1.807, 2.05) is 25.1 Å². The second kappa shape index (κ2) is 6.24. The highest BCUT2D eigenvalue weighted by Gasteiger charge is 2.15. The van der Waals surface area contributed by atoms with Crippen molar-refractivity contribution in [2.75, 3.05) is 6.61 Å². The van der Waals surface area contributed by atoms with Crippen LogP contribution in [0, 0.1) is 12.8 Å². The molecule has 100 valence electrons. The van der Waals surface area contributed by atoms with Crippen molar-refractivity contribution in [1.29, 1.82) is 0 Å². The van der Waals surface area contributed by atoms with Gasteiger partial charge in [0.25, 0.3) is 0 Å². The largest absolute Gasteiger partial charge is 0.493 e. The van der Waals surface area contributed by atoms with Crippen molar-refractivity contribution in [2.24, 2.45) is 5.92 Å². The molecule has 1 atom stereocenters. The van der Waals surface area contributed by atoms with Crippen LogP contribution in [0.1, 0.15) is 56.3 Å². The summed E-state index contributed by atoms with van der Waals surface area (Å²) in [6.07, 6.45) is 6.16. The molecule has 0 spiro atoms. The van der Waals surface area contributed by atoms with Gasteiger partial charge >= 0.3 is 0 Å². The first-order chi connectivity index (χ1) is 8.66. The molecule has 0 radical (unpaired) electrons. The highest BCUT2D eigenvalue weighted by Crippen LogP contribution is 2.29. The molecule has 0 aliphatic heterocycles. The Kier molecular flexibility index (Phi) is 4.65. The Hall–Kier alpha value is -1.02. The molecule has 1 saturated carbocycles. The van der Waals surface area contributed by atoms with Crippen molar-refractivity contribution in [2.45, 2.75) is 52.1 Å². The number of hydrogen-bond donors (Lipinski definition) is 1. The van der Waals surface area contributed by atoms with E-state index in [4.69, 9.17) is 4.74 Å². The highest BCUT2D eigenvalue weighted by molar-refractivity contribution is 5.38. The fraction of sp³-hybridized carbons (Fsp3) is 0.625. The first-order valence-corrected chi connectivity index (χ1v) is 7.08. The molecular weight excluding hydrogens is 224 g/mol. The van der Waals surface area contributed by atoms with Crippen molar-refractivity contribution in [3.63, 3.8) is 0 Å². The zero-order valence-electron chi connectivity index (χ0n) is 11.5. The quantitative estimate of drug-likeness (QED) is 0.872. The number of aliphatic hydroxyl groups excluding tert-OH is 1. The molecule has 0 amide bonds. The molecule has 1 fully saturated rings. The van der Waals surface area contributed by atoms with Crippen molar-refractivity contribution in [3.05, 3.63) is 29.3 Å². The van der Waals surface area contributed by atoms with Gasteiger partial charge in [-0.3, -0.25) is 0 Å². The molecule has 0 heterocycles. The molecule has 2 nitrogen and oxygen atoms in total. The molecule has 1 aliphatic carbocycles. The van der Waals surface area contributed by atoms with Crippen LogP contribution in [0.25, 0.3) is 0 Å². The second-order valence-corrected chi connectivity index (χ2v) is 5.53. The first-order valence-electron chi connectivity index (χ1n) is 7.08. The van der Waals surface area contributed by atoms with Crippen LogP contribution in [-0.4, -0.2) is 11.7 Å². The van der Waals surface area contributed by atoms with Crippen molar-refractivity contribution in [1.82, 2.24) is 0 Å². The highest BCUT2D eigenvalue weighted by atomic mass is 16.5. The average molecular weight is 248 g/mol. The monoisotopic (exact) mass is 248 g/mol. The summed E-state index contributed by atoms with van der Waals surface area (Å²) in [7, 11) is 0. The Morgan fingerprint density at radius 1 is 1.28 bits per heavy atom. The lowest BCUT2D eigenvalue weighted by Crippen LogP contribution is -2.16.